The molecule has 0 atom stereocenters. The van der Waals surface area contributed by atoms with E-state index in [1.807, 2.05) is 38.1 Å². The molecule has 1 aromatic rings. The van der Waals surface area contributed by atoms with Crippen molar-refractivity contribution in [3.63, 3.8) is 0 Å². The molecule has 0 bridgehead atoms. The summed E-state index contributed by atoms with van der Waals surface area (Å²) in [6.07, 6.45) is 1.93. The van der Waals surface area contributed by atoms with Gasteiger partial charge in [0.25, 0.3) is 0 Å². The summed E-state index contributed by atoms with van der Waals surface area (Å²) in [6, 6.07) is 7.77. The first-order valence-electron chi connectivity index (χ1n) is 8.06. The van der Waals surface area contributed by atoms with E-state index in [2.05, 4.69) is 5.32 Å². The van der Waals surface area contributed by atoms with Crippen LogP contribution in [0.3, 0.4) is 0 Å². The Hall–Kier alpha value is -2.04. The Morgan fingerprint density at radius 2 is 1.83 bits per heavy atom. The zero-order chi connectivity index (χ0) is 17.1. The van der Waals surface area contributed by atoms with Gasteiger partial charge in [0.2, 0.25) is 5.91 Å². The van der Waals surface area contributed by atoms with Crippen molar-refractivity contribution in [2.75, 3.05) is 20.3 Å². The molecule has 0 unspecified atom stereocenters. The highest BCUT2D eigenvalue weighted by molar-refractivity contribution is 5.77. The molecule has 0 aliphatic heterocycles. The maximum Gasteiger partial charge on any atom is 0.305 e. The quantitative estimate of drug-likeness (QED) is 0.673. The lowest BCUT2D eigenvalue weighted by molar-refractivity contribution is -0.144. The van der Waals surface area contributed by atoms with Gasteiger partial charge in [0.15, 0.2) is 0 Å². The first kappa shape index (κ1) is 19.0. The topological polar surface area (TPSA) is 64.6 Å². The molecule has 0 aromatic heterocycles. The number of ether oxygens (including phenoxy) is 2. The molecule has 23 heavy (non-hydrogen) atoms. The highest BCUT2D eigenvalue weighted by Gasteiger charge is 2.07. The number of benzene rings is 1. The van der Waals surface area contributed by atoms with Crippen LogP contribution in [0, 0.1) is 5.92 Å². The standard InChI is InChI=1S/C18H27NO4/c1-14(2)13-23-18(21)6-4-5-17(20)19-12-11-15-7-9-16(22-3)10-8-15/h7-10,14H,4-6,11-13H2,1-3H3,(H,19,20). The van der Waals surface area contributed by atoms with Gasteiger partial charge in [-0.2, -0.15) is 0 Å². The van der Waals surface area contributed by atoms with Crippen molar-refractivity contribution in [2.24, 2.45) is 5.92 Å². The number of hydrogen-bond acceptors (Lipinski definition) is 4. The van der Waals surface area contributed by atoms with Gasteiger partial charge >= 0.3 is 5.97 Å². The molecule has 0 fully saturated rings. The van der Waals surface area contributed by atoms with Crippen LogP contribution in [-0.2, 0) is 20.7 Å². The zero-order valence-electron chi connectivity index (χ0n) is 14.3. The van der Waals surface area contributed by atoms with E-state index >= 15 is 0 Å². The fraction of sp³-hybridized carbons (Fsp3) is 0.556. The molecule has 0 spiro atoms. The minimum Gasteiger partial charge on any atom is -0.497 e. The summed E-state index contributed by atoms with van der Waals surface area (Å²) < 4.78 is 10.2. The average Bonchev–Trinajstić information content (AvgIpc) is 2.53. The number of methoxy groups -OCH3 is 1. The summed E-state index contributed by atoms with van der Waals surface area (Å²) >= 11 is 0. The molecule has 5 nitrogen and oxygen atoms in total. The second-order valence-corrected chi connectivity index (χ2v) is 5.88. The van der Waals surface area contributed by atoms with E-state index in [1.54, 1.807) is 7.11 Å². The van der Waals surface area contributed by atoms with Crippen LogP contribution < -0.4 is 10.1 Å². The highest BCUT2D eigenvalue weighted by atomic mass is 16.5. The highest BCUT2D eigenvalue weighted by Crippen LogP contribution is 2.11. The summed E-state index contributed by atoms with van der Waals surface area (Å²) in [6.45, 7) is 5.00. The van der Waals surface area contributed by atoms with E-state index < -0.39 is 0 Å². The first-order valence-corrected chi connectivity index (χ1v) is 8.06. The first-order chi connectivity index (χ1) is 11.0. The Bertz CT molecular complexity index is 482. The van der Waals surface area contributed by atoms with Crippen molar-refractivity contribution in [3.8, 4) is 5.75 Å². The van der Waals surface area contributed by atoms with Gasteiger partial charge in [0.05, 0.1) is 13.7 Å². The molecule has 5 heteroatoms. The van der Waals surface area contributed by atoms with E-state index in [0.717, 1.165) is 17.7 Å². The van der Waals surface area contributed by atoms with Crippen molar-refractivity contribution >= 4 is 11.9 Å². The fourth-order valence-corrected chi connectivity index (χ4v) is 1.95. The van der Waals surface area contributed by atoms with Crippen LogP contribution >= 0.6 is 0 Å². The second-order valence-electron chi connectivity index (χ2n) is 5.88. The minimum atomic E-state index is -0.232. The molecular formula is C18H27NO4. The van der Waals surface area contributed by atoms with Crippen LogP contribution in [0.15, 0.2) is 24.3 Å². The summed E-state index contributed by atoms with van der Waals surface area (Å²) in [7, 11) is 1.63. The second kappa shape index (κ2) is 10.6. The molecule has 0 radical (unpaired) electrons. The van der Waals surface area contributed by atoms with Crippen LogP contribution in [0.4, 0.5) is 0 Å². The van der Waals surface area contributed by atoms with Crippen molar-refractivity contribution < 1.29 is 19.1 Å². The van der Waals surface area contributed by atoms with Crippen LogP contribution in [0.1, 0.15) is 38.7 Å². The number of nitrogens with one attached hydrogen (secondary N) is 1. The SMILES string of the molecule is COc1ccc(CCNC(=O)CCCC(=O)OCC(C)C)cc1. The number of carbonyl (C=O) groups excluding carboxylic acids is 2. The van der Waals surface area contributed by atoms with Crippen molar-refractivity contribution in [1.29, 1.82) is 0 Å². The lowest BCUT2D eigenvalue weighted by atomic mass is 10.1. The van der Waals surface area contributed by atoms with Crippen molar-refractivity contribution in [3.05, 3.63) is 29.8 Å². The van der Waals surface area contributed by atoms with Gasteiger partial charge in [-0.1, -0.05) is 26.0 Å². The Kier molecular flexibility index (Phi) is 8.80. The number of rotatable bonds is 10. The van der Waals surface area contributed by atoms with Crippen LogP contribution in [0.2, 0.25) is 0 Å². The smallest absolute Gasteiger partial charge is 0.305 e. The Morgan fingerprint density at radius 3 is 2.43 bits per heavy atom. The number of hydrogen-bond donors (Lipinski definition) is 1. The molecule has 1 N–H and O–H groups in total. The van der Waals surface area contributed by atoms with Crippen LogP contribution in [-0.4, -0.2) is 32.1 Å². The fourth-order valence-electron chi connectivity index (χ4n) is 1.95. The van der Waals surface area contributed by atoms with Gasteiger partial charge in [-0.15, -0.1) is 0 Å². The maximum absolute atomic E-state index is 11.7. The van der Waals surface area contributed by atoms with Crippen molar-refractivity contribution in [1.82, 2.24) is 5.32 Å². The minimum absolute atomic E-state index is 0.0322. The normalized spacial score (nSPS) is 10.4. The lowest BCUT2D eigenvalue weighted by Gasteiger charge is -2.08. The molecular weight excluding hydrogens is 294 g/mol. The molecule has 0 aliphatic rings. The van der Waals surface area contributed by atoms with Crippen LogP contribution in [0.5, 0.6) is 5.75 Å². The third kappa shape index (κ3) is 8.86. The summed E-state index contributed by atoms with van der Waals surface area (Å²) in [5.41, 5.74) is 1.14. The molecule has 1 amide bonds. The molecule has 0 heterocycles. The van der Waals surface area contributed by atoms with E-state index in [-0.39, 0.29) is 11.9 Å². The average molecular weight is 321 g/mol. The Morgan fingerprint density at radius 1 is 1.13 bits per heavy atom. The van der Waals surface area contributed by atoms with Gasteiger partial charge in [-0.25, -0.2) is 0 Å². The lowest BCUT2D eigenvalue weighted by Crippen LogP contribution is -2.25. The van der Waals surface area contributed by atoms with Gasteiger partial charge in [-0.3, -0.25) is 9.59 Å². The van der Waals surface area contributed by atoms with E-state index in [0.29, 0.717) is 38.3 Å². The molecule has 128 valence electrons. The Balaban J connectivity index is 2.11. The van der Waals surface area contributed by atoms with Gasteiger partial charge in [0.1, 0.15) is 5.75 Å². The van der Waals surface area contributed by atoms with E-state index in [1.165, 1.54) is 0 Å². The van der Waals surface area contributed by atoms with E-state index in [4.69, 9.17) is 9.47 Å². The predicted octanol–water partition coefficient (Wildman–Crippen LogP) is 2.72. The Labute approximate surface area is 138 Å². The molecule has 0 aliphatic carbocycles. The predicted molar refractivity (Wildman–Crippen MR) is 89.4 cm³/mol. The van der Waals surface area contributed by atoms with Gasteiger partial charge in [-0.05, 0) is 36.5 Å². The molecule has 1 rings (SSSR count). The number of carbonyl (C=O) groups is 2. The van der Waals surface area contributed by atoms with Crippen molar-refractivity contribution in [2.45, 2.75) is 39.5 Å². The number of amides is 1. The largest absolute Gasteiger partial charge is 0.497 e. The maximum atomic E-state index is 11.7. The van der Waals surface area contributed by atoms with Gasteiger partial charge in [0, 0.05) is 19.4 Å². The molecule has 0 saturated heterocycles. The summed E-state index contributed by atoms with van der Waals surface area (Å²) in [4.78, 5) is 23.1. The summed E-state index contributed by atoms with van der Waals surface area (Å²) in [5, 5.41) is 2.86. The summed E-state index contributed by atoms with van der Waals surface area (Å²) in [5.74, 6) is 0.891. The third-order valence-corrected chi connectivity index (χ3v) is 3.26. The molecule has 0 saturated carbocycles. The zero-order valence-corrected chi connectivity index (χ0v) is 14.3. The number of esters is 1. The monoisotopic (exact) mass is 321 g/mol. The van der Waals surface area contributed by atoms with Gasteiger partial charge < -0.3 is 14.8 Å². The molecule has 1 aromatic carbocycles. The van der Waals surface area contributed by atoms with Crippen LogP contribution in [0.25, 0.3) is 0 Å². The third-order valence-electron chi connectivity index (χ3n) is 3.26. The van der Waals surface area contributed by atoms with E-state index in [9.17, 15) is 9.59 Å².